The minimum atomic E-state index is -1.88. The molecule has 0 heterocycles. The topological polar surface area (TPSA) is 142 Å². The van der Waals surface area contributed by atoms with Crippen molar-refractivity contribution < 1.29 is 35.7 Å². The summed E-state index contributed by atoms with van der Waals surface area (Å²) in [5.74, 6) is 0. The van der Waals surface area contributed by atoms with Crippen LogP contribution >= 0.6 is 0 Å². The molecule has 7 atom stereocenters. The molecule has 0 fully saturated rings. The van der Waals surface area contributed by atoms with Gasteiger partial charge in [-0.1, -0.05) is 0 Å². The predicted molar refractivity (Wildman–Crippen MR) is 53.4 cm³/mol. The molecule has 0 spiro atoms. The van der Waals surface area contributed by atoms with Gasteiger partial charge in [0.05, 0.1) is 12.2 Å². The third-order valence-corrected chi connectivity index (χ3v) is 2.39. The van der Waals surface area contributed by atoms with Crippen molar-refractivity contribution in [1.82, 2.24) is 0 Å². The van der Waals surface area contributed by atoms with Crippen LogP contribution in [0.4, 0.5) is 0 Å². The van der Waals surface area contributed by atoms with Gasteiger partial charge >= 0.3 is 0 Å². The Labute approximate surface area is 93.2 Å². The first-order valence-electron chi connectivity index (χ1n) is 4.96. The molecule has 0 rings (SSSR count). The zero-order valence-electron chi connectivity index (χ0n) is 9.17. The Morgan fingerprint density at radius 1 is 0.438 bits per heavy atom. The van der Waals surface area contributed by atoms with Crippen LogP contribution in [0, 0.1) is 0 Å². The minimum Gasteiger partial charge on any atom is -0.391 e. The number of aliphatic hydroxyl groups is 7. The maximum absolute atomic E-state index is 9.38. The Balaban J connectivity index is 4.48. The van der Waals surface area contributed by atoms with Crippen LogP contribution < -0.4 is 0 Å². The summed E-state index contributed by atoms with van der Waals surface area (Å²) in [6, 6.07) is 0. The summed E-state index contributed by atoms with van der Waals surface area (Å²) in [6.45, 7) is 2.39. The number of hydrogen-bond acceptors (Lipinski definition) is 7. The summed E-state index contributed by atoms with van der Waals surface area (Å²) in [5, 5.41) is 64.4. The largest absolute Gasteiger partial charge is 0.391 e. The van der Waals surface area contributed by atoms with Gasteiger partial charge in [-0.05, 0) is 13.8 Å². The third kappa shape index (κ3) is 3.95. The maximum Gasteiger partial charge on any atom is 0.111 e. The Kier molecular flexibility index (Phi) is 6.34. The molecule has 98 valence electrons. The molecule has 7 nitrogen and oxygen atoms in total. The van der Waals surface area contributed by atoms with Gasteiger partial charge < -0.3 is 35.7 Å². The third-order valence-electron chi connectivity index (χ3n) is 2.39. The van der Waals surface area contributed by atoms with Gasteiger partial charge in [0.1, 0.15) is 30.5 Å². The molecule has 7 heteroatoms. The van der Waals surface area contributed by atoms with Crippen LogP contribution in [0.3, 0.4) is 0 Å². The van der Waals surface area contributed by atoms with Crippen LogP contribution in [0.5, 0.6) is 0 Å². The van der Waals surface area contributed by atoms with Crippen LogP contribution in [0.2, 0.25) is 0 Å². The van der Waals surface area contributed by atoms with E-state index >= 15 is 0 Å². The van der Waals surface area contributed by atoms with Crippen molar-refractivity contribution in [2.75, 3.05) is 0 Å². The summed E-state index contributed by atoms with van der Waals surface area (Å²) >= 11 is 0. The molecule has 7 N–H and O–H groups in total. The lowest BCUT2D eigenvalue weighted by Crippen LogP contribution is -2.53. The molecule has 0 aromatic heterocycles. The lowest BCUT2D eigenvalue weighted by molar-refractivity contribution is -0.163. The van der Waals surface area contributed by atoms with Gasteiger partial charge in [0.2, 0.25) is 0 Å². The molecule has 0 aromatic rings. The Morgan fingerprint density at radius 2 is 0.625 bits per heavy atom. The van der Waals surface area contributed by atoms with Crippen molar-refractivity contribution in [2.24, 2.45) is 0 Å². The summed E-state index contributed by atoms with van der Waals surface area (Å²) in [4.78, 5) is 0. The molecule has 0 saturated carbocycles. The molecule has 0 aliphatic heterocycles. The van der Waals surface area contributed by atoms with Gasteiger partial charge in [0.15, 0.2) is 0 Å². The summed E-state index contributed by atoms with van der Waals surface area (Å²) in [6.07, 6.45) is -11.5. The van der Waals surface area contributed by atoms with E-state index in [1.54, 1.807) is 0 Å². The van der Waals surface area contributed by atoms with Crippen molar-refractivity contribution in [3.05, 3.63) is 0 Å². The van der Waals surface area contributed by atoms with Gasteiger partial charge in [-0.3, -0.25) is 0 Å². The van der Waals surface area contributed by atoms with Crippen molar-refractivity contribution in [3.8, 4) is 0 Å². The van der Waals surface area contributed by atoms with Crippen LogP contribution in [0.25, 0.3) is 0 Å². The second-order valence-electron chi connectivity index (χ2n) is 3.93. The number of rotatable bonds is 6. The first-order chi connectivity index (χ1) is 7.20. The van der Waals surface area contributed by atoms with E-state index in [1.807, 2.05) is 0 Å². The second-order valence-corrected chi connectivity index (χ2v) is 3.93. The zero-order valence-corrected chi connectivity index (χ0v) is 9.17. The molecule has 16 heavy (non-hydrogen) atoms. The van der Waals surface area contributed by atoms with E-state index in [0.717, 1.165) is 0 Å². The van der Waals surface area contributed by atoms with E-state index in [2.05, 4.69) is 0 Å². The van der Waals surface area contributed by atoms with Crippen molar-refractivity contribution in [3.63, 3.8) is 0 Å². The lowest BCUT2D eigenvalue weighted by atomic mass is 9.95. The summed E-state index contributed by atoms with van der Waals surface area (Å²) < 4.78 is 0. The van der Waals surface area contributed by atoms with E-state index in [-0.39, 0.29) is 0 Å². The van der Waals surface area contributed by atoms with Gasteiger partial charge in [0.25, 0.3) is 0 Å². The van der Waals surface area contributed by atoms with E-state index in [9.17, 15) is 25.5 Å². The van der Waals surface area contributed by atoms with Crippen molar-refractivity contribution in [2.45, 2.75) is 56.6 Å². The van der Waals surface area contributed by atoms with Crippen molar-refractivity contribution in [1.29, 1.82) is 0 Å². The molecule has 0 aliphatic carbocycles. The SMILES string of the molecule is CC(O)C(O)C(O)C(O)C(O)C(O)[C@@H](C)O. The highest BCUT2D eigenvalue weighted by molar-refractivity contribution is 4.87. The Hall–Kier alpha value is -0.280. The molecule has 0 aromatic carbocycles. The zero-order chi connectivity index (χ0) is 13.0. The fraction of sp³-hybridized carbons (Fsp3) is 1.00. The first-order valence-corrected chi connectivity index (χ1v) is 4.96. The van der Waals surface area contributed by atoms with Crippen LogP contribution in [-0.4, -0.2) is 78.5 Å². The monoisotopic (exact) mass is 240 g/mol. The quantitative estimate of drug-likeness (QED) is 0.256. The molecule has 0 radical (unpaired) electrons. The summed E-state index contributed by atoms with van der Waals surface area (Å²) in [5.41, 5.74) is 0. The van der Waals surface area contributed by atoms with Gasteiger partial charge in [-0.2, -0.15) is 0 Å². The van der Waals surface area contributed by atoms with Gasteiger partial charge in [-0.25, -0.2) is 0 Å². The Morgan fingerprint density at radius 3 is 0.812 bits per heavy atom. The fourth-order valence-electron chi connectivity index (χ4n) is 1.18. The fourth-order valence-corrected chi connectivity index (χ4v) is 1.18. The normalized spacial score (nSPS) is 25.3. The van der Waals surface area contributed by atoms with E-state index < -0.39 is 42.7 Å². The molecule has 6 unspecified atom stereocenters. The molecule has 0 bridgehead atoms. The highest BCUT2D eigenvalue weighted by Gasteiger charge is 2.37. The van der Waals surface area contributed by atoms with E-state index in [4.69, 9.17) is 10.2 Å². The average Bonchev–Trinajstić information content (AvgIpc) is 2.23. The lowest BCUT2D eigenvalue weighted by Gasteiger charge is -2.30. The second kappa shape index (κ2) is 6.45. The van der Waals surface area contributed by atoms with Crippen LogP contribution in [0.1, 0.15) is 13.8 Å². The van der Waals surface area contributed by atoms with E-state index in [0.29, 0.717) is 0 Å². The molecule has 0 aliphatic rings. The average molecular weight is 240 g/mol. The Bertz CT molecular complexity index is 176. The predicted octanol–water partition coefficient (Wildman–Crippen LogP) is -3.45. The van der Waals surface area contributed by atoms with Gasteiger partial charge in [0, 0.05) is 0 Å². The van der Waals surface area contributed by atoms with Crippen molar-refractivity contribution >= 4 is 0 Å². The summed E-state index contributed by atoms with van der Waals surface area (Å²) in [7, 11) is 0. The molecular formula is C9H20O7. The first kappa shape index (κ1) is 15.7. The smallest absolute Gasteiger partial charge is 0.111 e. The standard InChI is InChI=1S/C9H20O7/c1-3(10)5(12)7(14)9(16)8(15)6(13)4(2)11/h3-16H,1-2H3/t3-,4?,5?,6?,7?,8?,9?/m1/s1. The highest BCUT2D eigenvalue weighted by atomic mass is 16.4. The number of hydrogen-bond donors (Lipinski definition) is 7. The molecule has 0 saturated heterocycles. The van der Waals surface area contributed by atoms with Gasteiger partial charge in [-0.15, -0.1) is 0 Å². The van der Waals surface area contributed by atoms with E-state index in [1.165, 1.54) is 13.8 Å². The highest BCUT2D eigenvalue weighted by Crippen LogP contribution is 2.12. The number of aliphatic hydroxyl groups excluding tert-OH is 7. The van der Waals surface area contributed by atoms with Crippen LogP contribution in [0.15, 0.2) is 0 Å². The molecular weight excluding hydrogens is 220 g/mol. The molecule has 0 amide bonds. The minimum absolute atomic E-state index is 1.19. The van der Waals surface area contributed by atoms with Crippen LogP contribution in [-0.2, 0) is 0 Å². The maximum atomic E-state index is 9.38.